The highest BCUT2D eigenvalue weighted by molar-refractivity contribution is 5.79. The number of unbranched alkanes of at least 4 members (excludes halogenated alkanes) is 2. The summed E-state index contributed by atoms with van der Waals surface area (Å²) in [6, 6.07) is 8.32. The molecule has 0 heterocycles. The van der Waals surface area contributed by atoms with Crippen molar-refractivity contribution in [2.24, 2.45) is 0 Å². The predicted octanol–water partition coefficient (Wildman–Crippen LogP) is 3.06. The maximum Gasteiger partial charge on any atom is 0.407 e. The Balaban J connectivity index is 2.15. The van der Waals surface area contributed by atoms with Gasteiger partial charge in [-0.05, 0) is 31.2 Å². The van der Waals surface area contributed by atoms with Crippen molar-refractivity contribution in [2.75, 3.05) is 13.2 Å². The minimum Gasteiger partial charge on any atom is -0.480 e. The van der Waals surface area contributed by atoms with Crippen molar-refractivity contribution < 1.29 is 29.0 Å². The van der Waals surface area contributed by atoms with Gasteiger partial charge >= 0.3 is 18.2 Å². The van der Waals surface area contributed by atoms with Crippen LogP contribution in [0.25, 0.3) is 0 Å². The van der Waals surface area contributed by atoms with E-state index in [1.54, 1.807) is 0 Å². The number of alkyl carbamates (subject to hydrolysis) is 2. The van der Waals surface area contributed by atoms with E-state index in [2.05, 4.69) is 10.6 Å². The molecule has 1 aromatic rings. The number of hydrogen-bond donors (Lipinski definition) is 3. The van der Waals surface area contributed by atoms with E-state index in [-0.39, 0.29) is 19.6 Å². The first-order chi connectivity index (χ1) is 13.0. The molecule has 0 aliphatic rings. The van der Waals surface area contributed by atoms with Crippen molar-refractivity contribution in [1.82, 2.24) is 10.6 Å². The molecule has 0 saturated carbocycles. The van der Waals surface area contributed by atoms with Crippen LogP contribution in [0.15, 0.2) is 30.3 Å². The van der Waals surface area contributed by atoms with Crippen LogP contribution in [0.1, 0.15) is 44.6 Å². The molecule has 0 saturated heterocycles. The first-order valence-electron chi connectivity index (χ1n) is 9.13. The van der Waals surface area contributed by atoms with Crippen LogP contribution in [-0.4, -0.2) is 42.5 Å². The van der Waals surface area contributed by atoms with Gasteiger partial charge in [-0.25, -0.2) is 14.4 Å². The first-order valence-corrected chi connectivity index (χ1v) is 9.13. The van der Waals surface area contributed by atoms with Gasteiger partial charge in [-0.1, -0.05) is 43.7 Å². The maximum atomic E-state index is 11.6. The number of aliphatic carboxylic acids is 1. The van der Waals surface area contributed by atoms with Gasteiger partial charge in [0.25, 0.3) is 0 Å². The molecule has 0 fully saturated rings. The van der Waals surface area contributed by atoms with E-state index in [0.717, 1.165) is 18.4 Å². The lowest BCUT2D eigenvalue weighted by Crippen LogP contribution is -2.41. The molecule has 0 aliphatic heterocycles. The smallest absolute Gasteiger partial charge is 0.407 e. The lowest BCUT2D eigenvalue weighted by atomic mass is 10.1. The van der Waals surface area contributed by atoms with Gasteiger partial charge in [0, 0.05) is 6.54 Å². The van der Waals surface area contributed by atoms with E-state index in [1.165, 1.54) is 0 Å². The Morgan fingerprint density at radius 1 is 1.04 bits per heavy atom. The Kier molecular flexibility index (Phi) is 11.1. The van der Waals surface area contributed by atoms with Crippen molar-refractivity contribution in [3.63, 3.8) is 0 Å². The van der Waals surface area contributed by atoms with Crippen LogP contribution in [0.2, 0.25) is 0 Å². The number of carboxylic acid groups (broad SMARTS) is 1. The molecule has 0 bridgehead atoms. The quantitative estimate of drug-likeness (QED) is 0.480. The molecule has 8 heteroatoms. The van der Waals surface area contributed by atoms with Crippen molar-refractivity contribution in [2.45, 2.75) is 51.7 Å². The molecule has 0 aliphatic carbocycles. The van der Waals surface area contributed by atoms with Gasteiger partial charge in [-0.3, -0.25) is 0 Å². The molecule has 1 atom stereocenters. The van der Waals surface area contributed by atoms with Gasteiger partial charge in [-0.15, -0.1) is 0 Å². The SMILES string of the molecule is CCCCOC(=O)N[C@@H](CCCCNC(=O)OCc1ccccc1)C(=O)O. The molecule has 0 spiro atoms. The Hall–Kier alpha value is -2.77. The summed E-state index contributed by atoms with van der Waals surface area (Å²) in [5, 5.41) is 14.1. The highest BCUT2D eigenvalue weighted by Crippen LogP contribution is 2.03. The Morgan fingerprint density at radius 2 is 1.78 bits per heavy atom. The Bertz CT molecular complexity index is 579. The number of amides is 2. The molecule has 1 aromatic carbocycles. The number of carbonyl (C=O) groups excluding carboxylic acids is 2. The van der Waals surface area contributed by atoms with Crippen LogP contribution in [0.3, 0.4) is 0 Å². The second-order valence-corrected chi connectivity index (χ2v) is 6.01. The molecule has 0 aromatic heterocycles. The fourth-order valence-electron chi connectivity index (χ4n) is 2.19. The molecular weight excluding hydrogens is 352 g/mol. The van der Waals surface area contributed by atoms with Crippen LogP contribution in [-0.2, 0) is 20.9 Å². The molecule has 3 N–H and O–H groups in total. The summed E-state index contributed by atoms with van der Waals surface area (Å²) in [4.78, 5) is 34.3. The second kappa shape index (κ2) is 13.4. The van der Waals surface area contributed by atoms with Crippen molar-refractivity contribution in [1.29, 1.82) is 0 Å². The molecule has 27 heavy (non-hydrogen) atoms. The largest absolute Gasteiger partial charge is 0.480 e. The van der Waals surface area contributed by atoms with Crippen molar-refractivity contribution in [3.8, 4) is 0 Å². The van der Waals surface area contributed by atoms with E-state index in [1.807, 2.05) is 37.3 Å². The lowest BCUT2D eigenvalue weighted by Gasteiger charge is -2.14. The van der Waals surface area contributed by atoms with Gasteiger partial charge in [0.15, 0.2) is 0 Å². The summed E-state index contributed by atoms with van der Waals surface area (Å²) in [5.41, 5.74) is 0.897. The molecular formula is C19H28N2O6. The van der Waals surface area contributed by atoms with Crippen LogP contribution < -0.4 is 10.6 Å². The van der Waals surface area contributed by atoms with Crippen LogP contribution >= 0.6 is 0 Å². The summed E-state index contributed by atoms with van der Waals surface area (Å²) < 4.78 is 9.97. The zero-order valence-corrected chi connectivity index (χ0v) is 15.6. The third-order valence-electron chi connectivity index (χ3n) is 3.72. The zero-order chi connectivity index (χ0) is 19.9. The third kappa shape index (κ3) is 10.7. The van der Waals surface area contributed by atoms with Crippen LogP contribution in [0.5, 0.6) is 0 Å². The average Bonchev–Trinajstić information content (AvgIpc) is 2.66. The number of rotatable bonds is 12. The Morgan fingerprint density at radius 3 is 2.44 bits per heavy atom. The topological polar surface area (TPSA) is 114 Å². The van der Waals surface area contributed by atoms with Gasteiger partial charge in [0.2, 0.25) is 0 Å². The predicted molar refractivity (Wildman–Crippen MR) is 99.3 cm³/mol. The third-order valence-corrected chi connectivity index (χ3v) is 3.72. The fourth-order valence-corrected chi connectivity index (χ4v) is 2.19. The molecule has 2 amide bonds. The van der Waals surface area contributed by atoms with E-state index in [9.17, 15) is 14.4 Å². The van der Waals surface area contributed by atoms with E-state index >= 15 is 0 Å². The normalized spacial score (nSPS) is 11.3. The van der Waals surface area contributed by atoms with Gasteiger partial charge in [0.05, 0.1) is 6.61 Å². The minimum atomic E-state index is -1.11. The van der Waals surface area contributed by atoms with E-state index < -0.39 is 24.2 Å². The molecule has 0 radical (unpaired) electrons. The van der Waals surface area contributed by atoms with Crippen LogP contribution in [0, 0.1) is 0 Å². The minimum absolute atomic E-state index is 0.192. The monoisotopic (exact) mass is 380 g/mol. The number of benzene rings is 1. The molecule has 8 nitrogen and oxygen atoms in total. The number of hydrogen-bond acceptors (Lipinski definition) is 5. The summed E-state index contributed by atoms with van der Waals surface area (Å²) in [6.45, 7) is 2.79. The van der Waals surface area contributed by atoms with Gasteiger partial charge in [0.1, 0.15) is 12.6 Å². The number of carbonyl (C=O) groups is 3. The molecule has 150 valence electrons. The molecule has 1 rings (SSSR count). The van der Waals surface area contributed by atoms with E-state index in [0.29, 0.717) is 19.4 Å². The highest BCUT2D eigenvalue weighted by Gasteiger charge is 2.20. The van der Waals surface area contributed by atoms with Gasteiger partial charge in [-0.2, -0.15) is 0 Å². The summed E-state index contributed by atoms with van der Waals surface area (Å²) in [7, 11) is 0. The second-order valence-electron chi connectivity index (χ2n) is 6.01. The number of nitrogens with one attached hydrogen (secondary N) is 2. The summed E-state index contributed by atoms with van der Waals surface area (Å²) >= 11 is 0. The Labute approximate surface area is 159 Å². The van der Waals surface area contributed by atoms with Crippen LogP contribution in [0.4, 0.5) is 9.59 Å². The standard InChI is InChI=1S/C19H28N2O6/c1-2-3-13-26-19(25)21-16(17(22)23)11-7-8-12-20-18(24)27-14-15-9-5-4-6-10-15/h4-6,9-10,16H,2-3,7-8,11-14H2,1H3,(H,20,24)(H,21,25)(H,22,23)/t16-/m0/s1. The first kappa shape index (κ1) is 22.3. The van der Waals surface area contributed by atoms with Crippen molar-refractivity contribution >= 4 is 18.2 Å². The number of carboxylic acids is 1. The fraction of sp³-hybridized carbons (Fsp3) is 0.526. The molecule has 0 unspecified atom stereocenters. The highest BCUT2D eigenvalue weighted by atomic mass is 16.6. The number of ether oxygens (including phenoxy) is 2. The average molecular weight is 380 g/mol. The maximum absolute atomic E-state index is 11.6. The van der Waals surface area contributed by atoms with E-state index in [4.69, 9.17) is 14.6 Å². The summed E-state index contributed by atoms with van der Waals surface area (Å²) in [5.74, 6) is -1.11. The zero-order valence-electron chi connectivity index (χ0n) is 15.6. The van der Waals surface area contributed by atoms with Crippen molar-refractivity contribution in [3.05, 3.63) is 35.9 Å². The summed E-state index contributed by atoms with van der Waals surface area (Å²) in [6.07, 6.45) is 1.71. The lowest BCUT2D eigenvalue weighted by molar-refractivity contribution is -0.139. The van der Waals surface area contributed by atoms with Gasteiger partial charge < -0.3 is 25.2 Å².